The van der Waals surface area contributed by atoms with E-state index >= 15 is 0 Å². The summed E-state index contributed by atoms with van der Waals surface area (Å²) < 4.78 is 29.3. The maximum absolute atomic E-state index is 13.3. The molecule has 1 N–H and O–H groups in total. The molecule has 2 heterocycles. The highest BCUT2D eigenvalue weighted by molar-refractivity contribution is 7.22. The summed E-state index contributed by atoms with van der Waals surface area (Å²) in [6, 6.07) is 11.2. The average Bonchev–Trinajstić information content (AvgIpc) is 3.27. The van der Waals surface area contributed by atoms with Gasteiger partial charge in [0.1, 0.15) is 11.6 Å². The topological polar surface area (TPSA) is 63.1 Å². The Hall–Kier alpha value is -3.33. The summed E-state index contributed by atoms with van der Waals surface area (Å²) in [5.41, 5.74) is 4.05. The zero-order chi connectivity index (χ0) is 22.1. The number of rotatable bonds is 6. The lowest BCUT2D eigenvalue weighted by atomic mass is 10.2. The molecule has 0 saturated heterocycles. The van der Waals surface area contributed by atoms with Crippen molar-refractivity contribution in [3.8, 4) is 5.69 Å². The van der Waals surface area contributed by atoms with Crippen LogP contribution in [-0.2, 0) is 11.3 Å². The van der Waals surface area contributed by atoms with Gasteiger partial charge < -0.3 is 10.2 Å². The molecule has 0 unspecified atom stereocenters. The van der Waals surface area contributed by atoms with Gasteiger partial charge in [0.2, 0.25) is 5.91 Å². The van der Waals surface area contributed by atoms with Gasteiger partial charge in [0.05, 0.1) is 22.6 Å². The third-order valence-corrected chi connectivity index (χ3v) is 6.04. The number of likely N-dealkylation sites (N-methyl/N-ethyl adjacent to an activating group) is 1. The van der Waals surface area contributed by atoms with Crippen LogP contribution < -0.4 is 10.2 Å². The SMILES string of the molecule is Cc1ccc(-n2nc(C)c3sc(N(C)CC(=O)NCc4cc(F)cc(F)c4)nc32)cc1. The van der Waals surface area contributed by atoms with Gasteiger partial charge in [-0.25, -0.2) is 13.5 Å². The fourth-order valence-corrected chi connectivity index (χ4v) is 4.15. The van der Waals surface area contributed by atoms with Crippen LogP contribution in [0.15, 0.2) is 42.5 Å². The van der Waals surface area contributed by atoms with Crippen LogP contribution in [0.1, 0.15) is 16.8 Å². The number of hydrogen-bond donors (Lipinski definition) is 1. The number of benzene rings is 2. The van der Waals surface area contributed by atoms with Gasteiger partial charge in [-0.05, 0) is 43.7 Å². The lowest BCUT2D eigenvalue weighted by Crippen LogP contribution is -2.34. The molecule has 160 valence electrons. The Morgan fingerprint density at radius 1 is 1.13 bits per heavy atom. The number of nitrogens with zero attached hydrogens (tertiary/aromatic N) is 4. The standard InChI is InChI=1S/C22H21F2N5OS/c1-13-4-6-18(7-5-13)29-21-20(14(2)27-29)31-22(26-21)28(3)12-19(30)25-11-15-8-16(23)10-17(24)9-15/h4-10H,11-12H2,1-3H3,(H,25,30). The van der Waals surface area contributed by atoms with E-state index in [2.05, 4.69) is 10.4 Å². The molecular formula is C22H21F2N5OS. The summed E-state index contributed by atoms with van der Waals surface area (Å²) in [7, 11) is 1.78. The summed E-state index contributed by atoms with van der Waals surface area (Å²) in [6.07, 6.45) is 0. The fourth-order valence-electron chi connectivity index (χ4n) is 3.20. The zero-order valence-electron chi connectivity index (χ0n) is 17.3. The lowest BCUT2D eigenvalue weighted by molar-refractivity contribution is -0.119. The predicted molar refractivity (Wildman–Crippen MR) is 118 cm³/mol. The number of halogens is 2. The van der Waals surface area contributed by atoms with E-state index in [-0.39, 0.29) is 19.0 Å². The van der Waals surface area contributed by atoms with Crippen molar-refractivity contribution in [3.63, 3.8) is 0 Å². The molecule has 4 aromatic rings. The lowest BCUT2D eigenvalue weighted by Gasteiger charge is -2.15. The van der Waals surface area contributed by atoms with E-state index in [0.717, 1.165) is 33.4 Å². The van der Waals surface area contributed by atoms with Crippen LogP contribution in [-0.4, -0.2) is 34.3 Å². The van der Waals surface area contributed by atoms with Crippen LogP contribution in [0.2, 0.25) is 0 Å². The van der Waals surface area contributed by atoms with E-state index in [1.54, 1.807) is 16.6 Å². The highest BCUT2D eigenvalue weighted by atomic mass is 32.1. The number of nitrogens with one attached hydrogen (secondary N) is 1. The van der Waals surface area contributed by atoms with Crippen molar-refractivity contribution in [2.45, 2.75) is 20.4 Å². The minimum Gasteiger partial charge on any atom is -0.350 e. The molecule has 4 rings (SSSR count). The summed E-state index contributed by atoms with van der Waals surface area (Å²) in [5, 5.41) is 7.96. The zero-order valence-corrected chi connectivity index (χ0v) is 18.1. The average molecular weight is 442 g/mol. The third-order valence-electron chi connectivity index (χ3n) is 4.78. The van der Waals surface area contributed by atoms with Gasteiger partial charge in [0, 0.05) is 19.7 Å². The largest absolute Gasteiger partial charge is 0.350 e. The first-order chi connectivity index (χ1) is 14.8. The number of aryl methyl sites for hydroxylation is 2. The van der Waals surface area contributed by atoms with E-state index in [9.17, 15) is 13.6 Å². The Bertz CT molecular complexity index is 1230. The molecule has 31 heavy (non-hydrogen) atoms. The summed E-state index contributed by atoms with van der Waals surface area (Å²) >= 11 is 1.46. The van der Waals surface area contributed by atoms with Crippen molar-refractivity contribution in [1.29, 1.82) is 0 Å². The second kappa shape index (κ2) is 8.43. The first-order valence-corrected chi connectivity index (χ1v) is 10.5. The number of anilines is 1. The maximum Gasteiger partial charge on any atom is 0.239 e. The summed E-state index contributed by atoms with van der Waals surface area (Å²) in [4.78, 5) is 18.8. The quantitative estimate of drug-likeness (QED) is 0.489. The number of carbonyl (C=O) groups is 1. The number of thiazole rings is 1. The molecule has 9 heteroatoms. The Kier molecular flexibility index (Phi) is 5.69. The normalized spacial score (nSPS) is 11.1. The second-order valence-electron chi connectivity index (χ2n) is 7.39. The Morgan fingerprint density at radius 2 is 1.81 bits per heavy atom. The summed E-state index contributed by atoms with van der Waals surface area (Å²) in [6.45, 7) is 4.06. The molecule has 2 aromatic carbocycles. The highest BCUT2D eigenvalue weighted by Gasteiger charge is 2.18. The first kappa shape index (κ1) is 20.9. The molecular weight excluding hydrogens is 420 g/mol. The molecule has 0 atom stereocenters. The van der Waals surface area contributed by atoms with E-state index in [1.165, 1.54) is 23.5 Å². The molecule has 1 amide bonds. The molecule has 0 radical (unpaired) electrons. The van der Waals surface area contributed by atoms with Crippen LogP contribution in [0.4, 0.5) is 13.9 Å². The van der Waals surface area contributed by atoms with Gasteiger partial charge >= 0.3 is 0 Å². The predicted octanol–water partition coefficient (Wildman–Crippen LogP) is 4.13. The van der Waals surface area contributed by atoms with Crippen molar-refractivity contribution >= 4 is 32.7 Å². The molecule has 0 saturated carbocycles. The van der Waals surface area contributed by atoms with Crippen molar-refractivity contribution < 1.29 is 13.6 Å². The number of fused-ring (bicyclic) bond motifs is 1. The monoisotopic (exact) mass is 441 g/mol. The number of aromatic nitrogens is 3. The van der Waals surface area contributed by atoms with Crippen LogP contribution in [0.5, 0.6) is 0 Å². The fraction of sp³-hybridized carbons (Fsp3) is 0.227. The molecule has 0 spiro atoms. The Morgan fingerprint density at radius 3 is 2.48 bits per heavy atom. The molecule has 6 nitrogen and oxygen atoms in total. The molecule has 0 aliphatic rings. The van der Waals surface area contributed by atoms with Gasteiger partial charge in [-0.1, -0.05) is 29.0 Å². The van der Waals surface area contributed by atoms with Crippen molar-refractivity contribution in [2.24, 2.45) is 0 Å². The van der Waals surface area contributed by atoms with E-state index in [0.29, 0.717) is 10.7 Å². The maximum atomic E-state index is 13.3. The van der Waals surface area contributed by atoms with Crippen LogP contribution in [0.3, 0.4) is 0 Å². The van der Waals surface area contributed by atoms with Crippen LogP contribution in [0.25, 0.3) is 16.0 Å². The minimum atomic E-state index is -0.672. The minimum absolute atomic E-state index is 0.0443. The van der Waals surface area contributed by atoms with E-state index in [4.69, 9.17) is 4.98 Å². The van der Waals surface area contributed by atoms with Crippen molar-refractivity contribution in [3.05, 3.63) is 70.9 Å². The number of hydrogen-bond acceptors (Lipinski definition) is 5. The molecule has 2 aromatic heterocycles. The Labute approximate surface area is 182 Å². The van der Waals surface area contributed by atoms with Gasteiger partial charge in [-0.15, -0.1) is 0 Å². The third kappa shape index (κ3) is 4.56. The van der Waals surface area contributed by atoms with Crippen LogP contribution >= 0.6 is 11.3 Å². The van der Waals surface area contributed by atoms with Crippen molar-refractivity contribution in [1.82, 2.24) is 20.1 Å². The van der Waals surface area contributed by atoms with E-state index in [1.807, 2.05) is 38.1 Å². The van der Waals surface area contributed by atoms with Gasteiger partial charge in [0.25, 0.3) is 0 Å². The smallest absolute Gasteiger partial charge is 0.239 e. The van der Waals surface area contributed by atoms with Crippen LogP contribution in [0, 0.1) is 25.5 Å². The van der Waals surface area contributed by atoms with Gasteiger partial charge in [-0.3, -0.25) is 4.79 Å². The van der Waals surface area contributed by atoms with E-state index < -0.39 is 11.6 Å². The van der Waals surface area contributed by atoms with Gasteiger partial charge in [0.15, 0.2) is 10.8 Å². The second-order valence-corrected chi connectivity index (χ2v) is 8.37. The Balaban J connectivity index is 1.47. The molecule has 0 aliphatic carbocycles. The molecule has 0 aliphatic heterocycles. The first-order valence-electron chi connectivity index (χ1n) is 9.66. The van der Waals surface area contributed by atoms with Crippen molar-refractivity contribution in [2.75, 3.05) is 18.5 Å². The highest BCUT2D eigenvalue weighted by Crippen LogP contribution is 2.32. The van der Waals surface area contributed by atoms with Gasteiger partial charge in [-0.2, -0.15) is 10.1 Å². The molecule has 0 fully saturated rings. The number of amides is 1. The molecule has 0 bridgehead atoms. The summed E-state index contributed by atoms with van der Waals surface area (Å²) in [5.74, 6) is -1.62. The number of carbonyl (C=O) groups excluding carboxylic acids is 1.